The molecule has 0 bridgehead atoms. The molecule has 0 aromatic carbocycles. The third-order valence-electron chi connectivity index (χ3n) is 4.14. The molecule has 0 aliphatic heterocycles. The highest BCUT2D eigenvalue weighted by Gasteiger charge is 2.36. The largest absolute Gasteiger partial charge is 0.445 e. The fourth-order valence-electron chi connectivity index (χ4n) is 2.48. The fraction of sp³-hybridized carbons (Fsp3) is 0.294. The van der Waals surface area contributed by atoms with Gasteiger partial charge in [-0.15, -0.1) is 0 Å². The smallest absolute Gasteiger partial charge is 0.265 e. The van der Waals surface area contributed by atoms with E-state index in [4.69, 9.17) is 0 Å². The van der Waals surface area contributed by atoms with E-state index in [1.165, 1.54) is 6.92 Å². The molecule has 182 valence electrons. The SMILES string of the molecule is CCS(=O)(=O)c1cc(-c2cncc(C(F)(F)F)n2)cnc1C(=O)N=c1sc(C(F)(F)F)nn1C. The van der Waals surface area contributed by atoms with Crippen molar-refractivity contribution < 1.29 is 39.6 Å². The molecular formula is C17H12F6N6O3S2. The average Bonchev–Trinajstić information content (AvgIpc) is 3.13. The first-order chi connectivity index (χ1) is 15.6. The van der Waals surface area contributed by atoms with Gasteiger partial charge < -0.3 is 0 Å². The van der Waals surface area contributed by atoms with Crippen LogP contribution in [-0.2, 0) is 29.2 Å². The normalized spacial score (nSPS) is 13.4. The fourth-order valence-corrected chi connectivity index (χ4v) is 4.29. The summed E-state index contributed by atoms with van der Waals surface area (Å²) in [5.41, 5.74) is -2.62. The third-order valence-corrected chi connectivity index (χ3v) is 6.92. The molecule has 0 saturated carbocycles. The summed E-state index contributed by atoms with van der Waals surface area (Å²) >= 11 is 0.0498. The van der Waals surface area contributed by atoms with Gasteiger partial charge in [-0.2, -0.15) is 36.4 Å². The molecule has 3 heterocycles. The Bertz CT molecular complexity index is 1430. The molecule has 0 atom stereocenters. The van der Waals surface area contributed by atoms with Crippen LogP contribution in [0.15, 0.2) is 34.5 Å². The zero-order valence-electron chi connectivity index (χ0n) is 17.0. The van der Waals surface area contributed by atoms with Crippen LogP contribution in [0.1, 0.15) is 28.1 Å². The van der Waals surface area contributed by atoms with Gasteiger partial charge in [0.05, 0.1) is 28.7 Å². The first-order valence-corrected chi connectivity index (χ1v) is 11.4. The van der Waals surface area contributed by atoms with E-state index in [1.807, 2.05) is 0 Å². The van der Waals surface area contributed by atoms with Gasteiger partial charge in [0.1, 0.15) is 5.69 Å². The number of carbonyl (C=O) groups excluding carboxylic acids is 1. The first kappa shape index (κ1) is 25.4. The number of amides is 1. The molecule has 0 aliphatic rings. The molecule has 34 heavy (non-hydrogen) atoms. The van der Waals surface area contributed by atoms with Crippen molar-refractivity contribution in [3.8, 4) is 11.3 Å². The summed E-state index contributed by atoms with van der Waals surface area (Å²) in [6.07, 6.45) is -7.31. The van der Waals surface area contributed by atoms with E-state index >= 15 is 0 Å². The Morgan fingerprint density at radius 1 is 1.12 bits per heavy atom. The Morgan fingerprint density at radius 2 is 1.79 bits per heavy atom. The summed E-state index contributed by atoms with van der Waals surface area (Å²) in [5.74, 6) is -1.80. The molecule has 0 N–H and O–H groups in total. The maximum atomic E-state index is 12.9. The monoisotopic (exact) mass is 526 g/mol. The van der Waals surface area contributed by atoms with E-state index in [2.05, 4.69) is 25.0 Å². The number of aryl methyl sites for hydroxylation is 1. The van der Waals surface area contributed by atoms with Crippen LogP contribution < -0.4 is 4.80 Å². The second-order valence-corrected chi connectivity index (χ2v) is 9.69. The second-order valence-electron chi connectivity index (χ2n) is 6.49. The number of carbonyl (C=O) groups is 1. The minimum Gasteiger partial charge on any atom is -0.265 e. The van der Waals surface area contributed by atoms with E-state index in [-0.39, 0.29) is 22.6 Å². The van der Waals surface area contributed by atoms with E-state index in [1.54, 1.807) is 0 Å². The number of sulfone groups is 1. The first-order valence-electron chi connectivity index (χ1n) is 8.96. The van der Waals surface area contributed by atoms with Crippen LogP contribution in [0.25, 0.3) is 11.3 Å². The number of hydrogen-bond donors (Lipinski definition) is 0. The molecule has 1 amide bonds. The van der Waals surface area contributed by atoms with Gasteiger partial charge in [-0.3, -0.25) is 9.78 Å². The number of hydrogen-bond acceptors (Lipinski definition) is 8. The minimum absolute atomic E-state index is 0.0498. The molecule has 0 saturated heterocycles. The maximum absolute atomic E-state index is 12.9. The zero-order chi connectivity index (χ0) is 25.5. The lowest BCUT2D eigenvalue weighted by atomic mass is 10.2. The Balaban J connectivity index is 2.15. The van der Waals surface area contributed by atoms with Gasteiger partial charge in [-0.1, -0.05) is 18.3 Å². The average molecular weight is 526 g/mol. The molecule has 3 aromatic rings. The van der Waals surface area contributed by atoms with Crippen molar-refractivity contribution in [2.75, 3.05) is 5.75 Å². The van der Waals surface area contributed by atoms with Gasteiger partial charge in [0.25, 0.3) is 5.91 Å². The highest BCUT2D eigenvalue weighted by atomic mass is 32.2. The molecule has 0 aliphatic carbocycles. The highest BCUT2D eigenvalue weighted by Crippen LogP contribution is 2.30. The van der Waals surface area contributed by atoms with Crippen molar-refractivity contribution in [3.05, 3.63) is 45.9 Å². The van der Waals surface area contributed by atoms with Crippen molar-refractivity contribution in [2.45, 2.75) is 24.2 Å². The van der Waals surface area contributed by atoms with Crippen molar-refractivity contribution in [1.82, 2.24) is 24.7 Å². The summed E-state index contributed by atoms with van der Waals surface area (Å²) < 4.78 is 103. The van der Waals surface area contributed by atoms with E-state index in [0.717, 1.165) is 25.5 Å². The van der Waals surface area contributed by atoms with Gasteiger partial charge in [0.2, 0.25) is 9.81 Å². The standard InChI is InChI=1S/C17H12F6N6O3S2/c1-3-34(31,32)10-4-8(9-6-24-7-11(26-9)16(18,19)20)5-25-12(10)13(30)27-15-29(2)28-14(33-15)17(21,22)23/h4-7H,3H2,1-2H3. The summed E-state index contributed by atoms with van der Waals surface area (Å²) in [4.78, 5) is 25.6. The van der Waals surface area contributed by atoms with Gasteiger partial charge in [-0.05, 0) is 6.07 Å². The van der Waals surface area contributed by atoms with E-state index in [0.29, 0.717) is 10.9 Å². The lowest BCUT2D eigenvalue weighted by Gasteiger charge is -2.10. The summed E-state index contributed by atoms with van der Waals surface area (Å²) in [6, 6.07) is 0.882. The van der Waals surface area contributed by atoms with Crippen LogP contribution >= 0.6 is 11.3 Å². The molecule has 17 heteroatoms. The molecule has 0 spiro atoms. The molecule has 0 unspecified atom stereocenters. The van der Waals surface area contributed by atoms with Crippen LogP contribution in [0.5, 0.6) is 0 Å². The van der Waals surface area contributed by atoms with Crippen LogP contribution in [0.4, 0.5) is 26.3 Å². The summed E-state index contributed by atoms with van der Waals surface area (Å²) in [5, 5.41) is 1.93. The van der Waals surface area contributed by atoms with Crippen molar-refractivity contribution in [2.24, 2.45) is 12.0 Å². The second kappa shape index (κ2) is 8.86. The third kappa shape index (κ3) is 5.30. The Morgan fingerprint density at radius 3 is 2.35 bits per heavy atom. The minimum atomic E-state index is -4.82. The van der Waals surface area contributed by atoms with Gasteiger partial charge in [0.15, 0.2) is 15.5 Å². The Kier molecular flexibility index (Phi) is 6.62. The van der Waals surface area contributed by atoms with Gasteiger partial charge >= 0.3 is 12.4 Å². The number of rotatable bonds is 4. The highest BCUT2D eigenvalue weighted by molar-refractivity contribution is 7.91. The van der Waals surface area contributed by atoms with Gasteiger partial charge in [0, 0.05) is 18.8 Å². The van der Waals surface area contributed by atoms with Crippen LogP contribution in [0.2, 0.25) is 0 Å². The van der Waals surface area contributed by atoms with Crippen LogP contribution in [0, 0.1) is 0 Å². The predicted molar refractivity (Wildman–Crippen MR) is 104 cm³/mol. The Hall–Kier alpha value is -3.21. The molecule has 0 fully saturated rings. The Labute approximate surface area is 190 Å². The van der Waals surface area contributed by atoms with Crippen molar-refractivity contribution >= 4 is 27.1 Å². The topological polar surface area (TPSA) is 120 Å². The maximum Gasteiger partial charge on any atom is 0.445 e. The lowest BCUT2D eigenvalue weighted by molar-refractivity contribution is -0.141. The summed E-state index contributed by atoms with van der Waals surface area (Å²) in [6.45, 7) is 1.25. The number of aromatic nitrogens is 5. The zero-order valence-corrected chi connectivity index (χ0v) is 18.6. The number of alkyl halides is 6. The number of pyridine rings is 1. The van der Waals surface area contributed by atoms with Crippen LogP contribution in [-0.4, -0.2) is 44.8 Å². The number of halogens is 6. The molecule has 0 radical (unpaired) electrons. The van der Waals surface area contributed by atoms with Gasteiger partial charge in [-0.25, -0.2) is 23.1 Å². The van der Waals surface area contributed by atoms with E-state index in [9.17, 15) is 39.6 Å². The summed E-state index contributed by atoms with van der Waals surface area (Å²) in [7, 11) is -3.07. The quantitative estimate of drug-likeness (QED) is 0.480. The molecule has 9 nitrogen and oxygen atoms in total. The lowest BCUT2D eigenvalue weighted by Crippen LogP contribution is -2.18. The predicted octanol–water partition coefficient (Wildman–Crippen LogP) is 2.91. The van der Waals surface area contributed by atoms with Crippen molar-refractivity contribution in [3.63, 3.8) is 0 Å². The molecule has 3 aromatic heterocycles. The van der Waals surface area contributed by atoms with E-state index < -0.39 is 59.9 Å². The number of nitrogens with zero attached hydrogens (tertiary/aromatic N) is 6. The molecule has 3 rings (SSSR count). The molecular weight excluding hydrogens is 514 g/mol. The van der Waals surface area contributed by atoms with Crippen LogP contribution in [0.3, 0.4) is 0 Å². The van der Waals surface area contributed by atoms with Crippen molar-refractivity contribution in [1.29, 1.82) is 0 Å².